The minimum absolute atomic E-state index is 0.142. The van der Waals surface area contributed by atoms with Gasteiger partial charge in [0, 0.05) is 6.20 Å². The Kier molecular flexibility index (Phi) is 3.47. The zero-order valence-electron chi connectivity index (χ0n) is 11.1. The van der Waals surface area contributed by atoms with Crippen LogP contribution in [-0.2, 0) is 5.54 Å². The summed E-state index contributed by atoms with van der Waals surface area (Å²) in [4.78, 5) is 11.3. The molecule has 1 amide bonds. The first-order valence-electron chi connectivity index (χ1n) is 6.51. The Labute approximate surface area is 112 Å². The van der Waals surface area contributed by atoms with Crippen molar-refractivity contribution in [3.8, 4) is 6.07 Å². The first-order chi connectivity index (χ1) is 8.98. The van der Waals surface area contributed by atoms with Gasteiger partial charge in [-0.1, -0.05) is 6.92 Å². The summed E-state index contributed by atoms with van der Waals surface area (Å²) in [6, 6.07) is 2.23. The third-order valence-corrected chi connectivity index (χ3v) is 4.11. The van der Waals surface area contributed by atoms with Crippen LogP contribution in [0.4, 0.5) is 5.82 Å². The molecule has 0 spiro atoms. The quantitative estimate of drug-likeness (QED) is 0.856. The van der Waals surface area contributed by atoms with Gasteiger partial charge in [0.2, 0.25) is 0 Å². The lowest BCUT2D eigenvalue weighted by Crippen LogP contribution is -2.37. The summed E-state index contributed by atoms with van der Waals surface area (Å²) in [7, 11) is 0. The lowest BCUT2D eigenvalue weighted by Gasteiger charge is -2.38. The van der Waals surface area contributed by atoms with Gasteiger partial charge in [0.05, 0.1) is 18.0 Å². The second-order valence-electron chi connectivity index (χ2n) is 5.48. The van der Waals surface area contributed by atoms with Crippen LogP contribution in [0.3, 0.4) is 0 Å². The van der Waals surface area contributed by atoms with Crippen molar-refractivity contribution in [2.24, 2.45) is 11.7 Å². The highest BCUT2D eigenvalue weighted by molar-refractivity contribution is 5.96. The highest BCUT2D eigenvalue weighted by atomic mass is 16.1. The number of aromatic nitrogens is 2. The van der Waals surface area contributed by atoms with Gasteiger partial charge in [-0.15, -0.1) is 0 Å². The molecule has 1 saturated carbocycles. The topological polar surface area (TPSA) is 111 Å². The van der Waals surface area contributed by atoms with E-state index < -0.39 is 5.91 Å². The number of nitrogen functional groups attached to an aromatic ring is 1. The summed E-state index contributed by atoms with van der Waals surface area (Å²) >= 11 is 0. The number of carbonyl (C=O) groups excluding carboxylic acids is 1. The third kappa shape index (κ3) is 2.41. The number of carbonyl (C=O) groups is 1. The molecule has 1 aliphatic carbocycles. The summed E-state index contributed by atoms with van der Waals surface area (Å²) in [5.41, 5.74) is 10.9. The molecule has 0 aliphatic heterocycles. The van der Waals surface area contributed by atoms with Gasteiger partial charge >= 0.3 is 0 Å². The van der Waals surface area contributed by atoms with Crippen LogP contribution < -0.4 is 11.5 Å². The zero-order valence-corrected chi connectivity index (χ0v) is 11.1. The highest BCUT2D eigenvalue weighted by Gasteiger charge is 2.37. The van der Waals surface area contributed by atoms with Gasteiger partial charge in [-0.25, -0.2) is 0 Å². The molecule has 4 N–H and O–H groups in total. The van der Waals surface area contributed by atoms with E-state index in [0.29, 0.717) is 12.3 Å². The van der Waals surface area contributed by atoms with E-state index in [1.54, 1.807) is 10.9 Å². The molecule has 1 aliphatic rings. The number of primary amides is 1. The number of nitrogens with zero attached hydrogens (tertiary/aromatic N) is 3. The van der Waals surface area contributed by atoms with Crippen molar-refractivity contribution in [1.29, 1.82) is 5.26 Å². The number of nitriles is 1. The average Bonchev–Trinajstić information content (AvgIpc) is 2.75. The van der Waals surface area contributed by atoms with Crippen LogP contribution in [0.2, 0.25) is 0 Å². The number of anilines is 1. The molecule has 6 nitrogen and oxygen atoms in total. The summed E-state index contributed by atoms with van der Waals surface area (Å²) < 4.78 is 1.69. The van der Waals surface area contributed by atoms with Crippen LogP contribution in [0, 0.1) is 17.2 Å². The zero-order chi connectivity index (χ0) is 14.0. The van der Waals surface area contributed by atoms with E-state index in [-0.39, 0.29) is 16.9 Å². The van der Waals surface area contributed by atoms with Gasteiger partial charge in [0.1, 0.15) is 5.56 Å². The fourth-order valence-corrected chi connectivity index (χ4v) is 2.75. The smallest absolute Gasteiger partial charge is 0.254 e. The fourth-order valence-electron chi connectivity index (χ4n) is 2.75. The molecule has 1 aromatic heterocycles. The maximum absolute atomic E-state index is 11.3. The number of nitrogens with two attached hydrogens (primary N) is 2. The van der Waals surface area contributed by atoms with Gasteiger partial charge in [-0.05, 0) is 31.6 Å². The molecule has 0 atom stereocenters. The monoisotopic (exact) mass is 261 g/mol. The van der Waals surface area contributed by atoms with E-state index in [0.717, 1.165) is 25.7 Å². The van der Waals surface area contributed by atoms with Crippen LogP contribution in [0.15, 0.2) is 6.20 Å². The Balaban J connectivity index is 2.37. The largest absolute Gasteiger partial charge is 0.382 e. The van der Waals surface area contributed by atoms with Gasteiger partial charge in [-0.3, -0.25) is 9.48 Å². The van der Waals surface area contributed by atoms with Crippen LogP contribution in [0.25, 0.3) is 0 Å². The average molecular weight is 261 g/mol. The van der Waals surface area contributed by atoms with Crippen molar-refractivity contribution < 1.29 is 4.79 Å². The molecular weight excluding hydrogens is 242 g/mol. The molecule has 1 fully saturated rings. The molecule has 6 heteroatoms. The lowest BCUT2D eigenvalue weighted by molar-refractivity contribution is 0.1000. The Morgan fingerprint density at radius 3 is 2.74 bits per heavy atom. The SMILES string of the molecule is CC1CCC(CC#N)(n2cc(C(N)=O)c(N)n2)CC1. The lowest BCUT2D eigenvalue weighted by atomic mass is 9.75. The predicted molar refractivity (Wildman–Crippen MR) is 71.0 cm³/mol. The minimum Gasteiger partial charge on any atom is -0.382 e. The second-order valence-corrected chi connectivity index (χ2v) is 5.48. The number of hydrogen-bond acceptors (Lipinski definition) is 4. The molecule has 0 saturated heterocycles. The molecule has 102 valence electrons. The van der Waals surface area contributed by atoms with Gasteiger partial charge < -0.3 is 11.5 Å². The Hall–Kier alpha value is -2.03. The Bertz CT molecular complexity index is 520. The molecule has 0 unspecified atom stereocenters. The fraction of sp³-hybridized carbons (Fsp3) is 0.615. The summed E-state index contributed by atoms with van der Waals surface area (Å²) in [6.07, 6.45) is 5.81. The van der Waals surface area contributed by atoms with Crippen LogP contribution >= 0.6 is 0 Å². The van der Waals surface area contributed by atoms with E-state index in [9.17, 15) is 4.79 Å². The number of amides is 1. The highest BCUT2D eigenvalue weighted by Crippen LogP contribution is 2.40. The first kappa shape index (κ1) is 13.4. The molecule has 2 rings (SSSR count). The minimum atomic E-state index is -0.583. The molecular formula is C13H19N5O. The maximum Gasteiger partial charge on any atom is 0.254 e. The van der Waals surface area contributed by atoms with Crippen molar-refractivity contribution in [2.45, 2.75) is 44.6 Å². The van der Waals surface area contributed by atoms with Crippen molar-refractivity contribution in [2.75, 3.05) is 5.73 Å². The second kappa shape index (κ2) is 4.92. The summed E-state index contributed by atoms with van der Waals surface area (Å²) in [5, 5.41) is 13.3. The van der Waals surface area contributed by atoms with Crippen LogP contribution in [0.5, 0.6) is 0 Å². The summed E-state index contributed by atoms with van der Waals surface area (Å²) in [5.74, 6) is 0.221. The molecule has 19 heavy (non-hydrogen) atoms. The third-order valence-electron chi connectivity index (χ3n) is 4.11. The standard InChI is InChI=1S/C13H19N5O/c1-9-2-4-13(5-3-9,6-7-14)18-8-10(12(16)19)11(15)17-18/h8-9H,2-6H2,1H3,(H2,15,17)(H2,16,19). The van der Waals surface area contributed by atoms with E-state index in [2.05, 4.69) is 18.1 Å². The van der Waals surface area contributed by atoms with Crippen LogP contribution in [-0.4, -0.2) is 15.7 Å². The molecule has 0 radical (unpaired) electrons. The Morgan fingerprint density at radius 2 is 2.26 bits per heavy atom. The van der Waals surface area contributed by atoms with Crippen LogP contribution in [0.1, 0.15) is 49.4 Å². The van der Waals surface area contributed by atoms with Gasteiger partial charge in [0.25, 0.3) is 5.91 Å². The molecule has 0 bridgehead atoms. The maximum atomic E-state index is 11.3. The van der Waals surface area contributed by atoms with Gasteiger partial charge in [-0.2, -0.15) is 10.4 Å². The number of rotatable bonds is 3. The van der Waals surface area contributed by atoms with E-state index >= 15 is 0 Å². The van der Waals surface area contributed by atoms with E-state index in [4.69, 9.17) is 16.7 Å². The predicted octanol–water partition coefficient (Wildman–Crippen LogP) is 1.38. The van der Waals surface area contributed by atoms with Crippen molar-refractivity contribution in [3.05, 3.63) is 11.8 Å². The summed E-state index contributed by atoms with van der Waals surface area (Å²) in [6.45, 7) is 2.21. The van der Waals surface area contributed by atoms with Crippen molar-refractivity contribution in [3.63, 3.8) is 0 Å². The van der Waals surface area contributed by atoms with E-state index in [1.807, 2.05) is 0 Å². The molecule has 0 aromatic carbocycles. The number of hydrogen-bond donors (Lipinski definition) is 2. The molecule has 1 heterocycles. The van der Waals surface area contributed by atoms with Gasteiger partial charge in [0.15, 0.2) is 5.82 Å². The Morgan fingerprint density at radius 1 is 1.63 bits per heavy atom. The molecule has 1 aromatic rings. The normalized spacial score (nSPS) is 26.8. The van der Waals surface area contributed by atoms with Crippen molar-refractivity contribution in [1.82, 2.24) is 9.78 Å². The first-order valence-corrected chi connectivity index (χ1v) is 6.51. The van der Waals surface area contributed by atoms with E-state index in [1.165, 1.54) is 0 Å². The van der Waals surface area contributed by atoms with Crippen molar-refractivity contribution >= 4 is 11.7 Å².